The van der Waals surface area contributed by atoms with Crippen molar-refractivity contribution in [3.63, 3.8) is 0 Å². The minimum absolute atomic E-state index is 0.143. The minimum Gasteiger partial charge on any atom is -0.371 e. The highest BCUT2D eigenvalue weighted by atomic mass is 35.5. The van der Waals surface area contributed by atoms with E-state index in [1.54, 1.807) is 0 Å². The summed E-state index contributed by atoms with van der Waals surface area (Å²) in [5, 5.41) is 0. The summed E-state index contributed by atoms with van der Waals surface area (Å²) < 4.78 is 63.3. The largest absolute Gasteiger partial charge is 0.411 e. The lowest BCUT2D eigenvalue weighted by molar-refractivity contribution is -0.173. The van der Waals surface area contributed by atoms with E-state index in [1.165, 1.54) is 0 Å². The first-order chi connectivity index (χ1) is 7.27. The quantitative estimate of drug-likeness (QED) is 0.536. The standard InChI is InChI=1S/C7H13ClF3NO3S/c8-2-1-5-16(13,14)12-3-4-15-6-7(9,10)11/h12H,1-6H2. The lowest BCUT2D eigenvalue weighted by atomic mass is 10.6. The molecule has 0 spiro atoms. The van der Waals surface area contributed by atoms with E-state index in [4.69, 9.17) is 11.6 Å². The van der Waals surface area contributed by atoms with Crippen molar-refractivity contribution in [2.45, 2.75) is 12.6 Å². The summed E-state index contributed by atoms with van der Waals surface area (Å²) in [6.07, 6.45) is -4.10. The maximum absolute atomic E-state index is 11.6. The molecular weight excluding hydrogens is 271 g/mol. The molecule has 0 unspecified atom stereocenters. The van der Waals surface area contributed by atoms with E-state index in [-0.39, 0.29) is 24.8 Å². The van der Waals surface area contributed by atoms with Gasteiger partial charge >= 0.3 is 6.18 Å². The van der Waals surface area contributed by atoms with E-state index in [1.807, 2.05) is 0 Å². The van der Waals surface area contributed by atoms with Crippen molar-refractivity contribution in [1.29, 1.82) is 0 Å². The molecule has 0 aliphatic rings. The van der Waals surface area contributed by atoms with Gasteiger partial charge in [0.2, 0.25) is 10.0 Å². The number of rotatable bonds is 8. The normalized spacial score (nSPS) is 13.0. The SMILES string of the molecule is O=S(=O)(CCCCl)NCCOCC(F)(F)F. The highest BCUT2D eigenvalue weighted by Crippen LogP contribution is 2.13. The minimum atomic E-state index is -4.39. The molecule has 0 aromatic rings. The van der Waals surface area contributed by atoms with Crippen LogP contribution in [0.3, 0.4) is 0 Å². The first kappa shape index (κ1) is 16.0. The van der Waals surface area contributed by atoms with E-state index in [0.29, 0.717) is 6.42 Å². The van der Waals surface area contributed by atoms with Gasteiger partial charge in [0, 0.05) is 12.4 Å². The molecule has 16 heavy (non-hydrogen) atoms. The van der Waals surface area contributed by atoms with Crippen molar-refractivity contribution in [3.05, 3.63) is 0 Å². The Labute approximate surface area is 97.2 Å². The predicted molar refractivity (Wildman–Crippen MR) is 54.0 cm³/mol. The van der Waals surface area contributed by atoms with Crippen molar-refractivity contribution in [2.24, 2.45) is 0 Å². The molecule has 0 aliphatic heterocycles. The van der Waals surface area contributed by atoms with E-state index in [2.05, 4.69) is 9.46 Å². The van der Waals surface area contributed by atoms with Gasteiger partial charge in [-0.05, 0) is 6.42 Å². The Morgan fingerprint density at radius 1 is 1.31 bits per heavy atom. The zero-order valence-corrected chi connectivity index (χ0v) is 9.96. The van der Waals surface area contributed by atoms with Crippen LogP contribution in [-0.2, 0) is 14.8 Å². The summed E-state index contributed by atoms with van der Waals surface area (Å²) in [7, 11) is -3.46. The van der Waals surface area contributed by atoms with Gasteiger partial charge in [-0.25, -0.2) is 13.1 Å². The lowest BCUT2D eigenvalue weighted by Crippen LogP contribution is -2.30. The molecule has 98 valence electrons. The van der Waals surface area contributed by atoms with Crippen LogP contribution < -0.4 is 4.72 Å². The fraction of sp³-hybridized carbons (Fsp3) is 1.00. The van der Waals surface area contributed by atoms with Gasteiger partial charge in [-0.15, -0.1) is 11.6 Å². The smallest absolute Gasteiger partial charge is 0.371 e. The third kappa shape index (κ3) is 10.5. The monoisotopic (exact) mass is 283 g/mol. The molecule has 0 aromatic heterocycles. The summed E-state index contributed by atoms with van der Waals surface area (Å²) in [5.41, 5.74) is 0. The Hall–Kier alpha value is -0.0500. The van der Waals surface area contributed by atoms with Crippen LogP contribution in [0.2, 0.25) is 0 Å². The molecule has 4 nitrogen and oxygen atoms in total. The molecule has 9 heteroatoms. The number of hydrogen-bond acceptors (Lipinski definition) is 3. The maximum atomic E-state index is 11.6. The van der Waals surface area contributed by atoms with Crippen LogP contribution in [0.25, 0.3) is 0 Å². The third-order valence-corrected chi connectivity index (χ3v) is 3.12. The van der Waals surface area contributed by atoms with Crippen molar-refractivity contribution in [2.75, 3.05) is 31.4 Å². The lowest BCUT2D eigenvalue weighted by Gasteiger charge is -2.08. The number of halogens is 4. The molecule has 0 atom stereocenters. The van der Waals surface area contributed by atoms with Gasteiger partial charge in [-0.3, -0.25) is 0 Å². The Bertz CT molecular complexity index is 281. The van der Waals surface area contributed by atoms with E-state index in [0.717, 1.165) is 0 Å². The van der Waals surface area contributed by atoms with Crippen molar-refractivity contribution < 1.29 is 26.3 Å². The summed E-state index contributed by atoms with van der Waals surface area (Å²) in [5.74, 6) is 0.0707. The molecule has 0 fully saturated rings. The van der Waals surface area contributed by atoms with Crippen LogP contribution in [0.4, 0.5) is 13.2 Å². The molecule has 0 heterocycles. The van der Waals surface area contributed by atoms with E-state index >= 15 is 0 Å². The predicted octanol–water partition coefficient (Wildman–Crippen LogP) is 1.11. The van der Waals surface area contributed by atoms with Gasteiger partial charge in [0.25, 0.3) is 0 Å². The van der Waals surface area contributed by atoms with E-state index in [9.17, 15) is 21.6 Å². The Balaban J connectivity index is 3.58. The number of ether oxygens (including phenoxy) is 1. The number of sulfonamides is 1. The second kappa shape index (κ2) is 7.31. The third-order valence-electron chi connectivity index (χ3n) is 1.38. The summed E-state index contributed by atoms with van der Waals surface area (Å²) >= 11 is 5.30. The molecule has 0 rings (SSSR count). The second-order valence-corrected chi connectivity index (χ2v) is 5.23. The van der Waals surface area contributed by atoms with Gasteiger partial charge in [-0.2, -0.15) is 13.2 Å². The number of hydrogen-bond donors (Lipinski definition) is 1. The topological polar surface area (TPSA) is 55.4 Å². The average molecular weight is 284 g/mol. The number of nitrogens with one attached hydrogen (secondary N) is 1. The van der Waals surface area contributed by atoms with Gasteiger partial charge in [-0.1, -0.05) is 0 Å². The molecule has 0 amide bonds. The van der Waals surface area contributed by atoms with Crippen molar-refractivity contribution in [3.8, 4) is 0 Å². The molecule has 0 aliphatic carbocycles. The van der Waals surface area contributed by atoms with Crippen molar-refractivity contribution in [1.82, 2.24) is 4.72 Å². The van der Waals surface area contributed by atoms with Gasteiger partial charge in [0.05, 0.1) is 12.4 Å². The second-order valence-electron chi connectivity index (χ2n) is 2.92. The van der Waals surface area contributed by atoms with Crippen LogP contribution in [0.5, 0.6) is 0 Å². The van der Waals surface area contributed by atoms with Gasteiger partial charge in [0.15, 0.2) is 0 Å². The molecule has 0 saturated carbocycles. The molecule has 0 radical (unpaired) electrons. The van der Waals surface area contributed by atoms with Crippen LogP contribution in [0.1, 0.15) is 6.42 Å². The van der Waals surface area contributed by atoms with Crippen LogP contribution in [-0.4, -0.2) is 46.0 Å². The molecule has 1 N–H and O–H groups in total. The molecular formula is C7H13ClF3NO3S. The van der Waals surface area contributed by atoms with E-state index < -0.39 is 22.8 Å². The highest BCUT2D eigenvalue weighted by Gasteiger charge is 2.27. The first-order valence-corrected chi connectivity index (χ1v) is 6.63. The zero-order valence-electron chi connectivity index (χ0n) is 8.39. The maximum Gasteiger partial charge on any atom is 0.411 e. The molecule has 0 aromatic carbocycles. The fourth-order valence-electron chi connectivity index (χ4n) is 0.774. The van der Waals surface area contributed by atoms with Gasteiger partial charge < -0.3 is 4.74 Å². The fourth-order valence-corrected chi connectivity index (χ4v) is 2.13. The molecule has 0 saturated heterocycles. The van der Waals surface area contributed by atoms with Crippen LogP contribution >= 0.6 is 11.6 Å². The number of alkyl halides is 4. The van der Waals surface area contributed by atoms with Crippen LogP contribution in [0.15, 0.2) is 0 Å². The van der Waals surface area contributed by atoms with Gasteiger partial charge in [0.1, 0.15) is 6.61 Å². The summed E-state index contributed by atoms with van der Waals surface area (Å²) in [6.45, 7) is -1.88. The Kier molecular flexibility index (Phi) is 7.29. The zero-order chi connectivity index (χ0) is 12.7. The van der Waals surface area contributed by atoms with Crippen LogP contribution in [0, 0.1) is 0 Å². The van der Waals surface area contributed by atoms with Crippen molar-refractivity contribution >= 4 is 21.6 Å². The first-order valence-electron chi connectivity index (χ1n) is 4.44. The Morgan fingerprint density at radius 3 is 2.44 bits per heavy atom. The highest BCUT2D eigenvalue weighted by molar-refractivity contribution is 7.89. The average Bonchev–Trinajstić information content (AvgIpc) is 2.12. The Morgan fingerprint density at radius 2 is 1.94 bits per heavy atom. The molecule has 0 bridgehead atoms. The summed E-state index contributed by atoms with van der Waals surface area (Å²) in [6, 6.07) is 0. The summed E-state index contributed by atoms with van der Waals surface area (Å²) in [4.78, 5) is 0.